The van der Waals surface area contributed by atoms with Crippen LogP contribution in [-0.2, 0) is 0 Å². The van der Waals surface area contributed by atoms with Crippen LogP contribution in [0.15, 0.2) is 24.3 Å². The highest BCUT2D eigenvalue weighted by Crippen LogP contribution is 2.33. The number of nitrogens with one attached hydrogen (secondary N) is 2. The minimum absolute atomic E-state index is 0.0468. The fourth-order valence-corrected chi connectivity index (χ4v) is 1.93. The number of nitrogen functional groups attached to an aromatic ring is 1. The first kappa shape index (κ1) is 11.0. The molecule has 1 aromatic carbocycles. The Hall–Kier alpha value is -1.55. The van der Waals surface area contributed by atoms with E-state index in [1.165, 1.54) is 0 Å². The number of benzene rings is 1. The third-order valence-corrected chi connectivity index (χ3v) is 3.09. The van der Waals surface area contributed by atoms with Crippen LogP contribution < -0.4 is 16.6 Å². The van der Waals surface area contributed by atoms with E-state index in [9.17, 15) is 4.79 Å². The maximum Gasteiger partial charge on any atom is 0.253 e. The Morgan fingerprint density at radius 3 is 2.88 bits per heavy atom. The van der Waals surface area contributed by atoms with Crippen LogP contribution in [0.25, 0.3) is 0 Å². The molecular formula is C12H17N3O. The Labute approximate surface area is 95.2 Å². The first-order chi connectivity index (χ1) is 7.76. The second-order valence-corrected chi connectivity index (χ2v) is 4.17. The van der Waals surface area contributed by atoms with Crippen LogP contribution in [0.5, 0.6) is 0 Å². The highest BCUT2D eigenvalue weighted by molar-refractivity contribution is 5.99. The highest BCUT2D eigenvalue weighted by Gasteiger charge is 2.36. The minimum Gasteiger partial charge on any atom is -0.349 e. The predicted molar refractivity (Wildman–Crippen MR) is 63.9 cm³/mol. The number of amides is 1. The Morgan fingerprint density at radius 2 is 2.25 bits per heavy atom. The first-order valence-electron chi connectivity index (χ1n) is 5.62. The summed E-state index contributed by atoms with van der Waals surface area (Å²) >= 11 is 0. The van der Waals surface area contributed by atoms with Crippen molar-refractivity contribution in [1.82, 2.24) is 5.32 Å². The monoisotopic (exact) mass is 219 g/mol. The van der Waals surface area contributed by atoms with Crippen molar-refractivity contribution >= 4 is 11.6 Å². The summed E-state index contributed by atoms with van der Waals surface area (Å²) < 4.78 is 0. The number of hydrogen-bond donors (Lipinski definition) is 3. The highest BCUT2D eigenvalue weighted by atomic mass is 16.1. The van der Waals surface area contributed by atoms with Crippen LogP contribution in [0, 0.1) is 5.92 Å². The number of rotatable bonds is 4. The van der Waals surface area contributed by atoms with Crippen LogP contribution in [-0.4, -0.2) is 11.9 Å². The molecular weight excluding hydrogens is 202 g/mol. The standard InChI is InChI=1S/C12H17N3O/c1-2-8-7-11(8)14-12(16)9-5-3-4-6-10(9)15-13/h3-6,8,11,15H,2,7,13H2,1H3,(H,14,16). The Kier molecular flexibility index (Phi) is 3.10. The van der Waals surface area contributed by atoms with Gasteiger partial charge in [0.25, 0.3) is 5.91 Å². The van der Waals surface area contributed by atoms with Gasteiger partial charge in [0, 0.05) is 6.04 Å². The van der Waals surface area contributed by atoms with Crippen molar-refractivity contribution < 1.29 is 4.79 Å². The van der Waals surface area contributed by atoms with E-state index in [-0.39, 0.29) is 5.91 Å². The molecule has 4 heteroatoms. The predicted octanol–water partition coefficient (Wildman–Crippen LogP) is 1.50. The topological polar surface area (TPSA) is 67.2 Å². The molecule has 1 saturated carbocycles. The SMILES string of the molecule is CCC1CC1NC(=O)c1ccccc1NN. The van der Waals surface area contributed by atoms with E-state index in [4.69, 9.17) is 5.84 Å². The van der Waals surface area contributed by atoms with Crippen molar-refractivity contribution in [3.05, 3.63) is 29.8 Å². The zero-order valence-electron chi connectivity index (χ0n) is 9.36. The van der Waals surface area contributed by atoms with Gasteiger partial charge in [0.1, 0.15) is 0 Å². The molecule has 1 fully saturated rings. The lowest BCUT2D eigenvalue weighted by molar-refractivity contribution is 0.0950. The smallest absolute Gasteiger partial charge is 0.253 e. The van der Waals surface area contributed by atoms with Crippen molar-refractivity contribution in [2.24, 2.45) is 11.8 Å². The lowest BCUT2D eigenvalue weighted by Gasteiger charge is -2.08. The zero-order valence-corrected chi connectivity index (χ0v) is 9.36. The van der Waals surface area contributed by atoms with Crippen LogP contribution in [0.1, 0.15) is 30.1 Å². The van der Waals surface area contributed by atoms with E-state index >= 15 is 0 Å². The number of nitrogens with two attached hydrogens (primary N) is 1. The van der Waals surface area contributed by atoms with Gasteiger partial charge in [-0.3, -0.25) is 10.6 Å². The summed E-state index contributed by atoms with van der Waals surface area (Å²) in [5.41, 5.74) is 3.80. The maximum atomic E-state index is 11.9. The van der Waals surface area contributed by atoms with Crippen molar-refractivity contribution in [1.29, 1.82) is 0 Å². The number of carbonyl (C=O) groups is 1. The number of para-hydroxylation sites is 1. The van der Waals surface area contributed by atoms with Gasteiger partial charge in [-0.05, 0) is 24.5 Å². The van der Waals surface area contributed by atoms with Gasteiger partial charge in [-0.15, -0.1) is 0 Å². The van der Waals surface area contributed by atoms with E-state index in [0.717, 1.165) is 12.8 Å². The second kappa shape index (κ2) is 4.53. The molecule has 86 valence electrons. The van der Waals surface area contributed by atoms with Crippen LogP contribution in [0.4, 0.5) is 5.69 Å². The molecule has 2 unspecified atom stereocenters. The van der Waals surface area contributed by atoms with Gasteiger partial charge in [-0.25, -0.2) is 0 Å². The molecule has 0 aromatic heterocycles. The first-order valence-corrected chi connectivity index (χ1v) is 5.62. The van der Waals surface area contributed by atoms with E-state index in [0.29, 0.717) is 23.2 Å². The van der Waals surface area contributed by atoms with E-state index < -0.39 is 0 Å². The number of hydrazine groups is 1. The van der Waals surface area contributed by atoms with Crippen molar-refractivity contribution in [3.63, 3.8) is 0 Å². The van der Waals surface area contributed by atoms with Gasteiger partial charge in [-0.2, -0.15) is 0 Å². The minimum atomic E-state index is -0.0468. The number of hydrogen-bond acceptors (Lipinski definition) is 3. The zero-order chi connectivity index (χ0) is 11.5. The Balaban J connectivity index is 2.03. The quantitative estimate of drug-likeness (QED) is 0.531. The molecule has 0 aliphatic heterocycles. The summed E-state index contributed by atoms with van der Waals surface area (Å²) in [4.78, 5) is 11.9. The summed E-state index contributed by atoms with van der Waals surface area (Å²) in [6.45, 7) is 2.15. The van der Waals surface area contributed by atoms with Crippen molar-refractivity contribution in [2.75, 3.05) is 5.43 Å². The lowest BCUT2D eigenvalue weighted by Crippen LogP contribution is -2.28. The molecule has 0 heterocycles. The molecule has 0 bridgehead atoms. The normalized spacial score (nSPS) is 22.6. The summed E-state index contributed by atoms with van der Waals surface area (Å²) in [5.74, 6) is 5.97. The molecule has 0 spiro atoms. The van der Waals surface area contributed by atoms with Gasteiger partial charge < -0.3 is 10.7 Å². The molecule has 2 atom stereocenters. The van der Waals surface area contributed by atoms with Crippen LogP contribution in [0.3, 0.4) is 0 Å². The summed E-state index contributed by atoms with van der Waals surface area (Å²) in [5, 5.41) is 3.01. The summed E-state index contributed by atoms with van der Waals surface area (Å²) in [7, 11) is 0. The fraction of sp³-hybridized carbons (Fsp3) is 0.417. The van der Waals surface area contributed by atoms with Gasteiger partial charge >= 0.3 is 0 Å². The Morgan fingerprint density at radius 1 is 1.50 bits per heavy atom. The molecule has 0 radical (unpaired) electrons. The lowest BCUT2D eigenvalue weighted by atomic mass is 10.1. The van der Waals surface area contributed by atoms with Crippen molar-refractivity contribution in [2.45, 2.75) is 25.8 Å². The molecule has 2 rings (SSSR count). The third kappa shape index (κ3) is 2.17. The van der Waals surface area contributed by atoms with Gasteiger partial charge in [0.15, 0.2) is 0 Å². The molecule has 1 amide bonds. The average molecular weight is 219 g/mol. The number of anilines is 1. The summed E-state index contributed by atoms with van der Waals surface area (Å²) in [6.07, 6.45) is 2.22. The van der Waals surface area contributed by atoms with Crippen LogP contribution >= 0.6 is 0 Å². The largest absolute Gasteiger partial charge is 0.349 e. The molecule has 4 nitrogen and oxygen atoms in total. The van der Waals surface area contributed by atoms with Gasteiger partial charge in [-0.1, -0.05) is 25.5 Å². The Bertz CT molecular complexity index is 392. The molecule has 1 aromatic rings. The number of carbonyl (C=O) groups excluding carboxylic acids is 1. The molecule has 4 N–H and O–H groups in total. The molecule has 1 aliphatic rings. The molecule has 16 heavy (non-hydrogen) atoms. The van der Waals surface area contributed by atoms with E-state index in [2.05, 4.69) is 17.7 Å². The average Bonchev–Trinajstić information content (AvgIpc) is 3.07. The third-order valence-electron chi connectivity index (χ3n) is 3.09. The van der Waals surface area contributed by atoms with E-state index in [1.807, 2.05) is 12.1 Å². The molecule has 1 aliphatic carbocycles. The van der Waals surface area contributed by atoms with Gasteiger partial charge in [0.2, 0.25) is 0 Å². The fourth-order valence-electron chi connectivity index (χ4n) is 1.93. The molecule has 0 saturated heterocycles. The second-order valence-electron chi connectivity index (χ2n) is 4.17. The van der Waals surface area contributed by atoms with Gasteiger partial charge in [0.05, 0.1) is 11.3 Å². The maximum absolute atomic E-state index is 11.9. The van der Waals surface area contributed by atoms with E-state index in [1.54, 1.807) is 12.1 Å². The van der Waals surface area contributed by atoms with Crippen LogP contribution in [0.2, 0.25) is 0 Å². The summed E-state index contributed by atoms with van der Waals surface area (Å²) in [6, 6.07) is 7.59. The van der Waals surface area contributed by atoms with Crippen molar-refractivity contribution in [3.8, 4) is 0 Å².